The van der Waals surface area contributed by atoms with Gasteiger partial charge in [0, 0.05) is 63.5 Å². The van der Waals surface area contributed by atoms with Crippen molar-refractivity contribution < 1.29 is 52.9 Å². The van der Waals surface area contributed by atoms with E-state index in [4.69, 9.17) is 10.5 Å². The molecule has 0 unspecified atom stereocenters. The molecule has 2 amide bonds. The minimum atomic E-state index is -0.169. The van der Waals surface area contributed by atoms with E-state index in [9.17, 15) is 9.59 Å². The summed E-state index contributed by atoms with van der Waals surface area (Å²) in [5, 5.41) is 5.34. The van der Waals surface area contributed by atoms with Gasteiger partial charge < -0.3 is 25.9 Å². The van der Waals surface area contributed by atoms with E-state index in [0.717, 1.165) is 16.7 Å². The Morgan fingerprint density at radius 1 is 0.967 bits per heavy atom. The molecule has 0 saturated heterocycles. The number of rotatable bonds is 9. The number of hydrogen-bond donors (Lipinski definition) is 3. The van der Waals surface area contributed by atoms with E-state index >= 15 is 0 Å². The summed E-state index contributed by atoms with van der Waals surface area (Å²) in [7, 11) is 0. The topological polar surface area (TPSA) is 119 Å². The van der Waals surface area contributed by atoms with Crippen molar-refractivity contribution in [1.82, 2.24) is 20.6 Å². The maximum Gasteiger partial charge on any atom is 0.318 e. The molecule has 0 spiro atoms. The van der Waals surface area contributed by atoms with Crippen LogP contribution in [0.1, 0.15) is 27.0 Å². The molecule has 0 aliphatic heterocycles. The first-order valence-electron chi connectivity index (χ1n) is 8.90. The third-order valence-corrected chi connectivity index (χ3v) is 4.08. The van der Waals surface area contributed by atoms with Crippen LogP contribution in [0.25, 0.3) is 0 Å². The summed E-state index contributed by atoms with van der Waals surface area (Å²) < 4.78 is 5.51. The Labute approximate surface area is 205 Å². The van der Waals surface area contributed by atoms with E-state index in [2.05, 4.69) is 20.6 Å². The molecule has 0 atom stereocenters. The molecule has 3 aromatic rings. The summed E-state index contributed by atoms with van der Waals surface area (Å²) in [4.78, 5) is 30.4. The molecule has 1 heterocycles. The number of nitrogen functional groups attached to an aromatic ring is 1. The number of nitrogens with zero attached hydrogens (tertiary/aromatic N) is 2. The molecule has 0 aliphatic carbocycles. The summed E-state index contributed by atoms with van der Waals surface area (Å²) in [6.07, 6.45) is 3.16. The summed E-state index contributed by atoms with van der Waals surface area (Å²) in [6, 6.07) is 16.5. The molecule has 9 heteroatoms. The van der Waals surface area contributed by atoms with Crippen molar-refractivity contribution in [2.45, 2.75) is 19.7 Å². The normalized spacial score (nSPS) is 9.87. The van der Waals surface area contributed by atoms with Gasteiger partial charge in [-0.3, -0.25) is 4.79 Å². The van der Waals surface area contributed by atoms with Gasteiger partial charge in [0.2, 0.25) is 0 Å². The first kappa shape index (κ1) is 23.6. The minimum Gasteiger partial charge on any atom is -0.526 e. The van der Waals surface area contributed by atoms with Crippen LogP contribution in [-0.4, -0.2) is 22.3 Å². The van der Waals surface area contributed by atoms with Crippen LogP contribution in [-0.2, 0) is 24.5 Å². The Hall–Kier alpha value is -2.65. The van der Waals surface area contributed by atoms with Gasteiger partial charge in [-0.15, -0.1) is 0 Å². The van der Waals surface area contributed by atoms with Crippen LogP contribution in [0, 0.1) is 38.6 Å². The first-order chi connectivity index (χ1) is 14.1. The van der Waals surface area contributed by atoms with Crippen molar-refractivity contribution >= 4 is 18.1 Å². The number of benzene rings is 2. The molecular weight excluding hydrogens is 529 g/mol. The van der Waals surface area contributed by atoms with Crippen molar-refractivity contribution in [2.24, 2.45) is 0 Å². The second-order valence-corrected chi connectivity index (χ2v) is 6.20. The molecule has 0 saturated carbocycles. The van der Waals surface area contributed by atoms with Gasteiger partial charge >= 0.3 is 6.01 Å². The van der Waals surface area contributed by atoms with Crippen molar-refractivity contribution in [3.05, 3.63) is 83.0 Å². The van der Waals surface area contributed by atoms with E-state index < -0.39 is 0 Å². The SMILES string of the molecule is Nc1ccnc(OCc2ccc(CNC(=O)c3ccc(CN[C-]=O)cc3)cc2)n1.[Tb]. The zero-order valence-corrected chi connectivity index (χ0v) is 18.1. The zero-order chi connectivity index (χ0) is 20.5. The number of nitrogens with two attached hydrogens (primary N) is 1. The van der Waals surface area contributed by atoms with Gasteiger partial charge in [-0.1, -0.05) is 36.4 Å². The van der Waals surface area contributed by atoms with E-state index in [0.29, 0.717) is 31.1 Å². The van der Waals surface area contributed by atoms with Gasteiger partial charge in [0.15, 0.2) is 0 Å². The van der Waals surface area contributed by atoms with E-state index in [-0.39, 0.29) is 50.5 Å². The minimum absolute atomic E-state index is 0. The summed E-state index contributed by atoms with van der Waals surface area (Å²) in [5.74, 6) is 0.185. The number of anilines is 1. The van der Waals surface area contributed by atoms with Crippen LogP contribution < -0.4 is 21.1 Å². The number of amides is 2. The van der Waals surface area contributed by atoms with Crippen LogP contribution in [0.5, 0.6) is 6.01 Å². The molecule has 2 aromatic carbocycles. The largest absolute Gasteiger partial charge is 0.526 e. The van der Waals surface area contributed by atoms with Gasteiger partial charge in [0.05, 0.1) is 0 Å². The Morgan fingerprint density at radius 3 is 2.27 bits per heavy atom. The van der Waals surface area contributed by atoms with E-state index in [1.165, 1.54) is 6.20 Å². The van der Waals surface area contributed by atoms with Gasteiger partial charge in [0.25, 0.3) is 5.91 Å². The summed E-state index contributed by atoms with van der Waals surface area (Å²) in [6.45, 7) is 1.10. The van der Waals surface area contributed by atoms with Crippen molar-refractivity contribution in [3.63, 3.8) is 0 Å². The second kappa shape index (κ2) is 12.1. The molecule has 157 valence electrons. The van der Waals surface area contributed by atoms with Gasteiger partial charge in [-0.05, 0) is 34.9 Å². The van der Waals surface area contributed by atoms with E-state index in [1.807, 2.05) is 24.3 Å². The maximum absolute atomic E-state index is 12.3. The number of hydrogen-bond acceptors (Lipinski definition) is 6. The number of carbonyl (C=O) groups excluding carboxylic acids is 2. The average molecular weight is 549 g/mol. The number of ether oxygens (including phenoxy) is 1. The molecule has 0 bridgehead atoms. The standard InChI is InChI=1S/C21H20N5O3.Tb/c22-19-9-10-24-21(26-19)29-13-17-3-1-16(2-4-17)12-25-20(28)18-7-5-15(6-8-18)11-23-14-27;/h1-10H,11-13H2,(H,23,27)(H,25,28)(H2,22,24,26);/q-1;. The molecular formula is C21H20N5O3Tb-. The van der Waals surface area contributed by atoms with Gasteiger partial charge in [0.1, 0.15) is 12.4 Å². The van der Waals surface area contributed by atoms with Crippen LogP contribution in [0.15, 0.2) is 60.8 Å². The number of nitrogens with one attached hydrogen (secondary N) is 2. The fraction of sp³-hybridized carbons (Fsp3) is 0.143. The first-order valence-corrected chi connectivity index (χ1v) is 8.90. The molecule has 4 N–H and O–H groups in total. The van der Waals surface area contributed by atoms with Crippen LogP contribution >= 0.6 is 0 Å². The summed E-state index contributed by atoms with van der Waals surface area (Å²) >= 11 is 0. The quantitative estimate of drug-likeness (QED) is 0.277. The monoisotopic (exact) mass is 549 g/mol. The Morgan fingerprint density at radius 2 is 1.60 bits per heavy atom. The van der Waals surface area contributed by atoms with Crippen molar-refractivity contribution in [3.8, 4) is 6.01 Å². The molecule has 8 nitrogen and oxygen atoms in total. The smallest absolute Gasteiger partial charge is 0.318 e. The van der Waals surface area contributed by atoms with Crippen molar-refractivity contribution in [1.29, 1.82) is 0 Å². The number of carbonyl (C=O) groups is 1. The fourth-order valence-electron chi connectivity index (χ4n) is 2.52. The third kappa shape index (κ3) is 7.31. The van der Waals surface area contributed by atoms with Crippen LogP contribution in [0.2, 0.25) is 0 Å². The predicted molar refractivity (Wildman–Crippen MR) is 107 cm³/mol. The van der Waals surface area contributed by atoms with Gasteiger partial charge in [-0.2, -0.15) is 11.4 Å². The third-order valence-electron chi connectivity index (χ3n) is 4.08. The maximum atomic E-state index is 12.3. The fourth-order valence-corrected chi connectivity index (χ4v) is 2.52. The van der Waals surface area contributed by atoms with E-state index in [1.54, 1.807) is 36.7 Å². The van der Waals surface area contributed by atoms with Gasteiger partial charge in [-0.25, -0.2) is 4.98 Å². The second-order valence-electron chi connectivity index (χ2n) is 6.20. The molecule has 3 rings (SSSR count). The Balaban J connectivity index is 0.00000320. The number of aromatic nitrogens is 2. The molecule has 0 aliphatic rings. The van der Waals surface area contributed by atoms with Crippen molar-refractivity contribution in [2.75, 3.05) is 5.73 Å². The zero-order valence-electron chi connectivity index (χ0n) is 15.9. The summed E-state index contributed by atoms with van der Waals surface area (Å²) in [5.41, 5.74) is 8.95. The molecule has 30 heavy (non-hydrogen) atoms. The Kier molecular flexibility index (Phi) is 9.56. The Bertz CT molecular complexity index is 965. The van der Waals surface area contributed by atoms with Crippen LogP contribution in [0.4, 0.5) is 5.82 Å². The molecule has 0 fully saturated rings. The molecule has 1 aromatic heterocycles. The average Bonchev–Trinajstić information content (AvgIpc) is 2.76. The van der Waals surface area contributed by atoms with Crippen LogP contribution in [0.3, 0.4) is 0 Å². The predicted octanol–water partition coefficient (Wildman–Crippen LogP) is 1.72. The molecule has 1 radical (unpaired) electrons.